The van der Waals surface area contributed by atoms with Crippen LogP contribution in [0.1, 0.15) is 18.5 Å². The molecule has 0 saturated carbocycles. The highest BCUT2D eigenvalue weighted by atomic mass is 16.5. The number of methoxy groups -OCH3 is 2. The zero-order valence-electron chi connectivity index (χ0n) is 13.4. The van der Waals surface area contributed by atoms with Gasteiger partial charge in [-0.1, -0.05) is 0 Å². The molecule has 0 radical (unpaired) electrons. The summed E-state index contributed by atoms with van der Waals surface area (Å²) in [6.45, 7) is 1.97. The SMILES string of the molecule is COc1ccc(OC)c([C@H](C)NC(=O)CN(C)CC(N)=O)c1. The van der Waals surface area contributed by atoms with Crippen LogP contribution in [0.2, 0.25) is 0 Å². The highest BCUT2D eigenvalue weighted by Gasteiger charge is 2.16. The van der Waals surface area contributed by atoms with Crippen LogP contribution < -0.4 is 20.5 Å². The first-order valence-corrected chi connectivity index (χ1v) is 6.85. The number of hydrogen-bond acceptors (Lipinski definition) is 5. The molecular formula is C15H23N3O4. The summed E-state index contributed by atoms with van der Waals surface area (Å²) in [5.41, 5.74) is 5.90. The number of nitrogens with one attached hydrogen (secondary N) is 1. The fourth-order valence-electron chi connectivity index (χ4n) is 2.11. The summed E-state index contributed by atoms with van der Waals surface area (Å²) in [6.07, 6.45) is 0. The number of benzene rings is 1. The summed E-state index contributed by atoms with van der Waals surface area (Å²) >= 11 is 0. The molecule has 2 amide bonds. The van der Waals surface area contributed by atoms with E-state index in [2.05, 4.69) is 5.32 Å². The highest BCUT2D eigenvalue weighted by molar-refractivity contribution is 5.80. The lowest BCUT2D eigenvalue weighted by Crippen LogP contribution is -2.40. The van der Waals surface area contributed by atoms with Crippen molar-refractivity contribution in [3.63, 3.8) is 0 Å². The van der Waals surface area contributed by atoms with E-state index in [1.54, 1.807) is 38.3 Å². The van der Waals surface area contributed by atoms with E-state index in [1.165, 1.54) is 0 Å². The Morgan fingerprint density at radius 2 is 1.95 bits per heavy atom. The summed E-state index contributed by atoms with van der Waals surface area (Å²) in [5, 5.41) is 2.86. The van der Waals surface area contributed by atoms with Crippen LogP contribution in [-0.2, 0) is 9.59 Å². The van der Waals surface area contributed by atoms with E-state index < -0.39 is 5.91 Å². The third kappa shape index (κ3) is 5.25. The number of carbonyl (C=O) groups is 2. The Kier molecular flexibility index (Phi) is 6.65. The molecule has 1 rings (SSSR count). The molecule has 1 aromatic rings. The molecule has 0 saturated heterocycles. The summed E-state index contributed by atoms with van der Waals surface area (Å²) in [7, 11) is 4.80. The molecule has 0 aliphatic rings. The van der Waals surface area contributed by atoms with Crippen molar-refractivity contribution in [1.82, 2.24) is 10.2 Å². The standard InChI is InChI=1S/C15H23N3O4/c1-10(17-15(20)9-18(2)8-14(16)19)12-7-11(21-3)5-6-13(12)22-4/h5-7,10H,8-9H2,1-4H3,(H2,16,19)(H,17,20)/t10-/m0/s1. The average molecular weight is 309 g/mol. The molecule has 0 fully saturated rings. The number of nitrogens with two attached hydrogens (primary N) is 1. The van der Waals surface area contributed by atoms with Crippen molar-refractivity contribution in [2.24, 2.45) is 5.73 Å². The largest absolute Gasteiger partial charge is 0.497 e. The fraction of sp³-hybridized carbons (Fsp3) is 0.467. The highest BCUT2D eigenvalue weighted by Crippen LogP contribution is 2.29. The third-order valence-electron chi connectivity index (χ3n) is 3.12. The Bertz CT molecular complexity index is 534. The van der Waals surface area contributed by atoms with Crippen LogP contribution in [0.3, 0.4) is 0 Å². The van der Waals surface area contributed by atoms with Crippen molar-refractivity contribution in [2.45, 2.75) is 13.0 Å². The monoisotopic (exact) mass is 309 g/mol. The van der Waals surface area contributed by atoms with Gasteiger partial charge in [0.2, 0.25) is 11.8 Å². The molecule has 1 aromatic carbocycles. The van der Waals surface area contributed by atoms with E-state index in [9.17, 15) is 9.59 Å². The van der Waals surface area contributed by atoms with Crippen LogP contribution in [0.25, 0.3) is 0 Å². The number of amides is 2. The van der Waals surface area contributed by atoms with Gasteiger partial charge < -0.3 is 20.5 Å². The molecule has 3 N–H and O–H groups in total. The maximum atomic E-state index is 12.0. The summed E-state index contributed by atoms with van der Waals surface area (Å²) in [6, 6.07) is 5.13. The Morgan fingerprint density at radius 1 is 1.27 bits per heavy atom. The Morgan fingerprint density at radius 3 is 2.50 bits per heavy atom. The number of ether oxygens (including phenoxy) is 2. The Balaban J connectivity index is 2.73. The topological polar surface area (TPSA) is 93.9 Å². The van der Waals surface area contributed by atoms with Crippen molar-refractivity contribution in [2.75, 3.05) is 34.4 Å². The van der Waals surface area contributed by atoms with Crippen LogP contribution in [0.5, 0.6) is 11.5 Å². The van der Waals surface area contributed by atoms with E-state index >= 15 is 0 Å². The molecule has 0 unspecified atom stereocenters. The minimum Gasteiger partial charge on any atom is -0.497 e. The quantitative estimate of drug-likeness (QED) is 0.720. The molecule has 7 heteroatoms. The zero-order valence-corrected chi connectivity index (χ0v) is 13.4. The van der Waals surface area contributed by atoms with E-state index in [0.29, 0.717) is 11.5 Å². The van der Waals surface area contributed by atoms with Gasteiger partial charge in [0.1, 0.15) is 11.5 Å². The fourth-order valence-corrected chi connectivity index (χ4v) is 2.11. The molecule has 0 heterocycles. The first kappa shape index (κ1) is 17.8. The van der Waals surface area contributed by atoms with Gasteiger partial charge in [-0.15, -0.1) is 0 Å². The molecule has 0 aromatic heterocycles. The number of nitrogens with zero attached hydrogens (tertiary/aromatic N) is 1. The molecule has 0 spiro atoms. The van der Waals surface area contributed by atoms with Crippen LogP contribution in [0, 0.1) is 0 Å². The lowest BCUT2D eigenvalue weighted by Gasteiger charge is -2.20. The first-order valence-electron chi connectivity index (χ1n) is 6.85. The lowest BCUT2D eigenvalue weighted by atomic mass is 10.1. The second kappa shape index (κ2) is 8.23. The van der Waals surface area contributed by atoms with Crippen molar-refractivity contribution in [1.29, 1.82) is 0 Å². The van der Waals surface area contributed by atoms with Gasteiger partial charge in [0.25, 0.3) is 0 Å². The van der Waals surface area contributed by atoms with E-state index in [1.807, 2.05) is 13.0 Å². The van der Waals surface area contributed by atoms with Crippen molar-refractivity contribution < 1.29 is 19.1 Å². The number of carbonyl (C=O) groups excluding carboxylic acids is 2. The Hall–Kier alpha value is -2.28. The van der Waals surface area contributed by atoms with Crippen LogP contribution in [-0.4, -0.2) is 51.1 Å². The number of hydrogen-bond donors (Lipinski definition) is 2. The van der Waals surface area contributed by atoms with Gasteiger partial charge in [-0.05, 0) is 32.2 Å². The molecule has 0 aliphatic heterocycles. The smallest absolute Gasteiger partial charge is 0.234 e. The second-order valence-electron chi connectivity index (χ2n) is 5.04. The summed E-state index contributed by atoms with van der Waals surface area (Å²) in [5.74, 6) is 0.667. The van der Waals surface area contributed by atoms with Crippen molar-refractivity contribution >= 4 is 11.8 Å². The molecule has 0 aliphatic carbocycles. The van der Waals surface area contributed by atoms with E-state index in [-0.39, 0.29) is 25.0 Å². The molecule has 7 nitrogen and oxygen atoms in total. The molecule has 122 valence electrons. The number of likely N-dealkylation sites (N-methyl/N-ethyl adjacent to an activating group) is 1. The number of rotatable bonds is 8. The third-order valence-corrected chi connectivity index (χ3v) is 3.12. The first-order chi connectivity index (χ1) is 10.4. The average Bonchev–Trinajstić information content (AvgIpc) is 2.45. The maximum absolute atomic E-state index is 12.0. The molecule has 22 heavy (non-hydrogen) atoms. The maximum Gasteiger partial charge on any atom is 0.234 e. The molecule has 1 atom stereocenters. The molecule has 0 bridgehead atoms. The number of primary amides is 1. The van der Waals surface area contributed by atoms with Gasteiger partial charge in [0, 0.05) is 5.56 Å². The van der Waals surface area contributed by atoms with Crippen molar-refractivity contribution in [3.05, 3.63) is 23.8 Å². The van der Waals surface area contributed by atoms with Gasteiger partial charge >= 0.3 is 0 Å². The zero-order chi connectivity index (χ0) is 16.7. The van der Waals surface area contributed by atoms with Crippen LogP contribution >= 0.6 is 0 Å². The van der Waals surface area contributed by atoms with E-state index in [4.69, 9.17) is 15.2 Å². The molecular weight excluding hydrogens is 286 g/mol. The minimum absolute atomic E-state index is 0.0320. The minimum atomic E-state index is -0.474. The van der Waals surface area contributed by atoms with Gasteiger partial charge in [0.15, 0.2) is 0 Å². The van der Waals surface area contributed by atoms with Gasteiger partial charge in [-0.3, -0.25) is 14.5 Å². The summed E-state index contributed by atoms with van der Waals surface area (Å²) in [4.78, 5) is 24.4. The Labute approximate surface area is 130 Å². The van der Waals surface area contributed by atoms with Crippen LogP contribution in [0.4, 0.5) is 0 Å². The normalized spacial score (nSPS) is 11.9. The predicted molar refractivity (Wildman–Crippen MR) is 82.8 cm³/mol. The summed E-state index contributed by atoms with van der Waals surface area (Å²) < 4.78 is 10.5. The van der Waals surface area contributed by atoms with Gasteiger partial charge in [0.05, 0.1) is 33.4 Å². The van der Waals surface area contributed by atoms with E-state index in [0.717, 1.165) is 5.56 Å². The van der Waals surface area contributed by atoms with Crippen LogP contribution in [0.15, 0.2) is 18.2 Å². The van der Waals surface area contributed by atoms with Crippen molar-refractivity contribution in [3.8, 4) is 11.5 Å². The predicted octanol–water partition coefficient (Wildman–Crippen LogP) is 0.298. The second-order valence-corrected chi connectivity index (χ2v) is 5.04. The van der Waals surface area contributed by atoms with Gasteiger partial charge in [-0.25, -0.2) is 0 Å². The van der Waals surface area contributed by atoms with Gasteiger partial charge in [-0.2, -0.15) is 0 Å². The lowest BCUT2D eigenvalue weighted by molar-refractivity contribution is -0.123.